The number of nitrogens with zero attached hydrogens (tertiary/aromatic N) is 2. The van der Waals surface area contributed by atoms with E-state index >= 15 is 0 Å². The van der Waals surface area contributed by atoms with Gasteiger partial charge in [-0.2, -0.15) is 0 Å². The van der Waals surface area contributed by atoms with Gasteiger partial charge in [-0.15, -0.1) is 11.3 Å². The highest BCUT2D eigenvalue weighted by Crippen LogP contribution is 2.15. The Bertz CT molecular complexity index is 473. The van der Waals surface area contributed by atoms with Crippen LogP contribution in [0.5, 0.6) is 0 Å². The number of hydrogen-bond donors (Lipinski definition) is 0. The van der Waals surface area contributed by atoms with E-state index in [1.165, 1.54) is 18.4 Å². The van der Waals surface area contributed by atoms with Gasteiger partial charge in [-0.1, -0.05) is 13.8 Å². The molecule has 0 saturated heterocycles. The van der Waals surface area contributed by atoms with Crippen molar-refractivity contribution in [2.24, 2.45) is 5.92 Å². The summed E-state index contributed by atoms with van der Waals surface area (Å²) in [5, 5.41) is 2.37. The third kappa shape index (κ3) is 5.43. The summed E-state index contributed by atoms with van der Waals surface area (Å²) in [6, 6.07) is 0. The maximum atomic E-state index is 12.2. The van der Waals surface area contributed by atoms with Crippen LogP contribution in [0.25, 0.3) is 0 Å². The average molecular weight is 314 g/mol. The van der Waals surface area contributed by atoms with Gasteiger partial charge in [0.1, 0.15) is 5.01 Å². The quantitative estimate of drug-likeness (QED) is 0.542. The van der Waals surface area contributed by atoms with Crippen molar-refractivity contribution >= 4 is 23.2 Å². The second-order valence-electron chi connectivity index (χ2n) is 4.88. The smallest absolute Gasteiger partial charge is 0.357 e. The van der Waals surface area contributed by atoms with Gasteiger partial charge in [0.25, 0.3) is 0 Å². The summed E-state index contributed by atoms with van der Waals surface area (Å²) in [7, 11) is 2.96. The molecule has 1 aromatic rings. The molecule has 6 nitrogen and oxygen atoms in total. The first kappa shape index (κ1) is 17.6. The second-order valence-corrected chi connectivity index (χ2v) is 5.82. The predicted molar refractivity (Wildman–Crippen MR) is 80.2 cm³/mol. The minimum Gasteiger partial charge on any atom is -0.464 e. The van der Waals surface area contributed by atoms with E-state index in [1.54, 1.807) is 17.4 Å². The zero-order valence-corrected chi connectivity index (χ0v) is 13.7. The average Bonchev–Trinajstić information content (AvgIpc) is 2.93. The molecule has 0 aromatic carbocycles. The van der Waals surface area contributed by atoms with Gasteiger partial charge in [-0.05, 0) is 6.42 Å². The zero-order valence-electron chi connectivity index (χ0n) is 12.9. The Morgan fingerprint density at radius 2 is 2.10 bits per heavy atom. The van der Waals surface area contributed by atoms with Crippen LogP contribution in [0.15, 0.2) is 5.38 Å². The summed E-state index contributed by atoms with van der Waals surface area (Å²) in [5.74, 6) is -0.466. The van der Waals surface area contributed by atoms with E-state index in [4.69, 9.17) is 4.74 Å². The first-order chi connectivity index (χ1) is 9.99. The second kappa shape index (κ2) is 8.74. The molecule has 1 heterocycles. The fourth-order valence-electron chi connectivity index (χ4n) is 1.78. The molecule has 21 heavy (non-hydrogen) atoms. The summed E-state index contributed by atoms with van der Waals surface area (Å²) in [4.78, 5) is 29.6. The number of methoxy groups -OCH3 is 2. The van der Waals surface area contributed by atoms with Crippen molar-refractivity contribution < 1.29 is 19.1 Å². The van der Waals surface area contributed by atoms with Crippen molar-refractivity contribution in [2.75, 3.05) is 27.4 Å². The highest BCUT2D eigenvalue weighted by Gasteiger charge is 2.19. The van der Waals surface area contributed by atoms with Gasteiger partial charge in [0.2, 0.25) is 5.91 Å². The number of hydrogen-bond acceptors (Lipinski definition) is 6. The van der Waals surface area contributed by atoms with Crippen molar-refractivity contribution in [3.05, 3.63) is 16.1 Å². The van der Waals surface area contributed by atoms with Crippen LogP contribution < -0.4 is 0 Å². The Morgan fingerprint density at radius 1 is 1.38 bits per heavy atom. The Morgan fingerprint density at radius 3 is 2.67 bits per heavy atom. The van der Waals surface area contributed by atoms with Crippen molar-refractivity contribution in [2.45, 2.75) is 26.8 Å². The third-order valence-electron chi connectivity index (χ3n) is 2.85. The van der Waals surface area contributed by atoms with E-state index in [1.807, 2.05) is 13.8 Å². The van der Waals surface area contributed by atoms with Gasteiger partial charge < -0.3 is 14.4 Å². The molecule has 118 valence electrons. The van der Waals surface area contributed by atoms with E-state index in [9.17, 15) is 9.59 Å². The van der Waals surface area contributed by atoms with Gasteiger partial charge in [-0.3, -0.25) is 4.79 Å². The number of aromatic nitrogens is 1. The lowest BCUT2D eigenvalue weighted by Gasteiger charge is -2.23. The van der Waals surface area contributed by atoms with Gasteiger partial charge >= 0.3 is 5.97 Å². The molecule has 0 radical (unpaired) electrons. The summed E-state index contributed by atoms with van der Waals surface area (Å²) in [6.45, 7) is 5.36. The first-order valence-corrected chi connectivity index (χ1v) is 7.68. The molecule has 1 rings (SSSR count). The van der Waals surface area contributed by atoms with Gasteiger partial charge in [-0.25, -0.2) is 9.78 Å². The van der Waals surface area contributed by atoms with Crippen LogP contribution in [0.3, 0.4) is 0 Å². The third-order valence-corrected chi connectivity index (χ3v) is 3.69. The molecular formula is C14H22N2O4S. The standard InChI is InChI=1S/C14H22N2O4S/c1-10(2)13(17)16(6-5-7-19-3)8-12-15-11(9-21-12)14(18)20-4/h9-10H,5-8H2,1-4H3. The van der Waals surface area contributed by atoms with E-state index in [2.05, 4.69) is 9.72 Å². The molecule has 0 saturated carbocycles. The first-order valence-electron chi connectivity index (χ1n) is 6.80. The lowest BCUT2D eigenvalue weighted by Crippen LogP contribution is -2.35. The molecule has 1 amide bonds. The Labute approximate surface area is 129 Å². The van der Waals surface area contributed by atoms with Gasteiger partial charge in [0.05, 0.1) is 13.7 Å². The van der Waals surface area contributed by atoms with Crippen molar-refractivity contribution in [3.8, 4) is 0 Å². The number of rotatable bonds is 8. The SMILES string of the molecule is COCCCN(Cc1nc(C(=O)OC)cs1)C(=O)C(C)C. The van der Waals surface area contributed by atoms with Crippen molar-refractivity contribution in [1.82, 2.24) is 9.88 Å². The topological polar surface area (TPSA) is 68.7 Å². The highest BCUT2D eigenvalue weighted by atomic mass is 32.1. The van der Waals surface area contributed by atoms with Crippen LogP contribution in [-0.4, -0.2) is 49.1 Å². The fraction of sp³-hybridized carbons (Fsp3) is 0.643. The van der Waals surface area contributed by atoms with Crippen LogP contribution in [0.1, 0.15) is 35.8 Å². The van der Waals surface area contributed by atoms with Crippen LogP contribution in [-0.2, 0) is 20.8 Å². The van der Waals surface area contributed by atoms with Crippen LogP contribution >= 0.6 is 11.3 Å². The largest absolute Gasteiger partial charge is 0.464 e. The van der Waals surface area contributed by atoms with Gasteiger partial charge in [0.15, 0.2) is 5.69 Å². The van der Waals surface area contributed by atoms with Crippen molar-refractivity contribution in [1.29, 1.82) is 0 Å². The van der Waals surface area contributed by atoms with E-state index in [0.717, 1.165) is 11.4 Å². The molecule has 1 aromatic heterocycles. The molecule has 0 atom stereocenters. The minimum atomic E-state index is -0.460. The maximum Gasteiger partial charge on any atom is 0.357 e. The molecule has 0 N–H and O–H groups in total. The monoisotopic (exact) mass is 314 g/mol. The number of thiazole rings is 1. The number of esters is 1. The maximum absolute atomic E-state index is 12.2. The molecule has 0 spiro atoms. The van der Waals surface area contributed by atoms with E-state index < -0.39 is 5.97 Å². The van der Waals surface area contributed by atoms with Crippen molar-refractivity contribution in [3.63, 3.8) is 0 Å². The molecular weight excluding hydrogens is 292 g/mol. The molecule has 0 bridgehead atoms. The lowest BCUT2D eigenvalue weighted by atomic mass is 10.2. The molecule has 0 aliphatic rings. The summed E-state index contributed by atoms with van der Waals surface area (Å²) < 4.78 is 9.65. The molecule has 7 heteroatoms. The minimum absolute atomic E-state index is 0.0703. The fourth-order valence-corrected chi connectivity index (χ4v) is 2.56. The van der Waals surface area contributed by atoms with Gasteiger partial charge in [0, 0.05) is 31.6 Å². The number of carbonyl (C=O) groups excluding carboxylic acids is 2. The van der Waals surface area contributed by atoms with E-state index in [-0.39, 0.29) is 17.5 Å². The van der Waals surface area contributed by atoms with Crippen LogP contribution in [0.2, 0.25) is 0 Å². The molecule has 0 aliphatic carbocycles. The van der Waals surface area contributed by atoms with Crippen LogP contribution in [0, 0.1) is 5.92 Å². The Kier molecular flexibility index (Phi) is 7.31. The zero-order chi connectivity index (χ0) is 15.8. The van der Waals surface area contributed by atoms with E-state index in [0.29, 0.717) is 19.7 Å². The summed E-state index contributed by atoms with van der Waals surface area (Å²) in [6.07, 6.45) is 0.768. The molecule has 0 fully saturated rings. The Hall–Kier alpha value is -1.47. The Balaban J connectivity index is 2.73. The predicted octanol–water partition coefficient (Wildman–Crippen LogP) is 1.95. The number of carbonyl (C=O) groups is 2. The van der Waals surface area contributed by atoms with Crippen LogP contribution in [0.4, 0.5) is 0 Å². The highest BCUT2D eigenvalue weighted by molar-refractivity contribution is 7.09. The normalized spacial score (nSPS) is 10.7. The summed E-state index contributed by atoms with van der Waals surface area (Å²) in [5.41, 5.74) is 0.284. The molecule has 0 unspecified atom stereocenters. The number of ether oxygens (including phenoxy) is 2. The lowest BCUT2D eigenvalue weighted by molar-refractivity contribution is -0.135. The summed E-state index contributed by atoms with van der Waals surface area (Å²) >= 11 is 1.35. The number of amides is 1. The molecule has 0 aliphatic heterocycles.